The minimum absolute atomic E-state index is 0.0457. The van der Waals surface area contributed by atoms with Crippen LogP contribution in [0.4, 0.5) is 4.79 Å². The van der Waals surface area contributed by atoms with Gasteiger partial charge in [-0.25, -0.2) is 9.78 Å². The van der Waals surface area contributed by atoms with Crippen LogP contribution in [0, 0.1) is 6.92 Å². The first-order chi connectivity index (χ1) is 19.9. The maximum Gasteiger partial charge on any atom is 0.410 e. The molecule has 0 spiro atoms. The van der Waals surface area contributed by atoms with Crippen molar-refractivity contribution in [2.75, 3.05) is 26.7 Å². The average Bonchev–Trinajstić information content (AvgIpc) is 3.20. The first-order valence-corrected chi connectivity index (χ1v) is 14.7. The van der Waals surface area contributed by atoms with Crippen LogP contribution in [0.3, 0.4) is 0 Å². The number of aromatic nitrogens is 2. The molecule has 0 radical (unpaired) electrons. The molecule has 11 heteroatoms. The monoisotopic (exact) mass is 595 g/mol. The van der Waals surface area contributed by atoms with E-state index in [-0.39, 0.29) is 30.5 Å². The predicted molar refractivity (Wildman–Crippen MR) is 160 cm³/mol. The molecular formula is C31H38ClN5O5. The summed E-state index contributed by atoms with van der Waals surface area (Å²) in [6.45, 7) is 11.2. The van der Waals surface area contributed by atoms with E-state index in [0.717, 1.165) is 33.3 Å². The minimum Gasteiger partial charge on any atom is -0.481 e. The molecule has 0 saturated carbocycles. The largest absolute Gasteiger partial charge is 0.481 e. The van der Waals surface area contributed by atoms with Gasteiger partial charge in [0.25, 0.3) is 5.91 Å². The Morgan fingerprint density at radius 3 is 2.57 bits per heavy atom. The molecule has 10 nitrogen and oxygen atoms in total. The van der Waals surface area contributed by atoms with Crippen molar-refractivity contribution in [3.8, 4) is 5.88 Å². The van der Waals surface area contributed by atoms with Crippen LogP contribution in [-0.2, 0) is 35.5 Å². The SMILES string of the molecule is CCc1c(C(=O)N2CCc3c(ccnc3OC)C2)c2cc(Cl)cc(C)c2n1CC(=O)NC1CN(C(=O)OC(C)(C)C)C1. The number of fused-ring (bicyclic) bond motifs is 2. The molecule has 3 amide bonds. The van der Waals surface area contributed by atoms with Crippen LogP contribution in [0.1, 0.15) is 60.4 Å². The highest BCUT2D eigenvalue weighted by atomic mass is 35.5. The van der Waals surface area contributed by atoms with Gasteiger partial charge in [-0.05, 0) is 69.9 Å². The summed E-state index contributed by atoms with van der Waals surface area (Å²) in [4.78, 5) is 47.5. The lowest BCUT2D eigenvalue weighted by atomic mass is 9.99. The maximum atomic E-state index is 14.2. The van der Waals surface area contributed by atoms with Gasteiger partial charge in [0.05, 0.1) is 24.2 Å². The summed E-state index contributed by atoms with van der Waals surface area (Å²) in [6, 6.07) is 5.44. The smallest absolute Gasteiger partial charge is 0.410 e. The molecule has 2 aromatic heterocycles. The molecule has 1 aromatic carbocycles. The number of pyridine rings is 1. The number of ether oxygens (including phenoxy) is 2. The average molecular weight is 596 g/mol. The van der Waals surface area contributed by atoms with Crippen LogP contribution in [0.25, 0.3) is 10.9 Å². The number of carbonyl (C=O) groups is 3. The van der Waals surface area contributed by atoms with Crippen LogP contribution in [-0.4, -0.2) is 75.6 Å². The highest BCUT2D eigenvalue weighted by molar-refractivity contribution is 6.31. The Morgan fingerprint density at radius 2 is 1.90 bits per heavy atom. The Labute approximate surface area is 250 Å². The van der Waals surface area contributed by atoms with Crippen molar-refractivity contribution in [2.45, 2.75) is 72.2 Å². The molecule has 1 fully saturated rings. The fraction of sp³-hybridized carbons (Fsp3) is 0.484. The predicted octanol–water partition coefficient (Wildman–Crippen LogP) is 4.50. The van der Waals surface area contributed by atoms with E-state index in [2.05, 4.69) is 10.3 Å². The van der Waals surface area contributed by atoms with Crippen LogP contribution in [0.5, 0.6) is 5.88 Å². The number of methoxy groups -OCH3 is 1. The molecule has 42 heavy (non-hydrogen) atoms. The topological polar surface area (TPSA) is 106 Å². The van der Waals surface area contributed by atoms with Gasteiger partial charge in [0, 0.05) is 54.0 Å². The van der Waals surface area contributed by atoms with E-state index in [0.29, 0.717) is 55.5 Å². The molecule has 3 aromatic rings. The molecule has 1 saturated heterocycles. The quantitative estimate of drug-likeness (QED) is 0.450. The zero-order valence-corrected chi connectivity index (χ0v) is 25.8. The normalized spacial score (nSPS) is 15.3. The number of aryl methyl sites for hydroxylation is 1. The zero-order valence-electron chi connectivity index (χ0n) is 25.0. The van der Waals surface area contributed by atoms with Gasteiger partial charge in [0.2, 0.25) is 11.8 Å². The second-order valence-electron chi connectivity index (χ2n) is 12.0. The Kier molecular flexibility index (Phi) is 8.11. The van der Waals surface area contributed by atoms with Crippen molar-refractivity contribution in [1.82, 2.24) is 24.7 Å². The van der Waals surface area contributed by atoms with E-state index in [9.17, 15) is 14.4 Å². The van der Waals surface area contributed by atoms with Crippen LogP contribution < -0.4 is 10.1 Å². The summed E-state index contributed by atoms with van der Waals surface area (Å²) in [6.07, 6.45) is 2.51. The molecule has 1 N–H and O–H groups in total. The summed E-state index contributed by atoms with van der Waals surface area (Å²) in [5.74, 6) is 0.320. The van der Waals surface area contributed by atoms with Crippen molar-refractivity contribution in [2.24, 2.45) is 0 Å². The van der Waals surface area contributed by atoms with E-state index in [1.165, 1.54) is 0 Å². The molecule has 0 aliphatic carbocycles. The minimum atomic E-state index is -0.574. The Bertz CT molecular complexity index is 1550. The highest BCUT2D eigenvalue weighted by Gasteiger charge is 2.35. The lowest BCUT2D eigenvalue weighted by Crippen LogP contribution is -2.61. The van der Waals surface area contributed by atoms with Gasteiger partial charge in [-0.3, -0.25) is 9.59 Å². The van der Waals surface area contributed by atoms with Crippen molar-refractivity contribution in [3.05, 3.63) is 57.4 Å². The second kappa shape index (κ2) is 11.5. The summed E-state index contributed by atoms with van der Waals surface area (Å²) < 4.78 is 12.8. The third kappa shape index (κ3) is 5.77. The van der Waals surface area contributed by atoms with E-state index in [1.807, 2.05) is 62.3 Å². The number of carbonyl (C=O) groups excluding carboxylic acids is 3. The van der Waals surface area contributed by atoms with Gasteiger partial charge in [-0.1, -0.05) is 18.5 Å². The van der Waals surface area contributed by atoms with E-state index in [4.69, 9.17) is 21.1 Å². The second-order valence-corrected chi connectivity index (χ2v) is 12.4. The number of likely N-dealkylation sites (tertiary alicyclic amines) is 1. The molecule has 0 atom stereocenters. The molecule has 5 rings (SSSR count). The van der Waals surface area contributed by atoms with E-state index >= 15 is 0 Å². The van der Waals surface area contributed by atoms with Crippen LogP contribution >= 0.6 is 11.6 Å². The highest BCUT2D eigenvalue weighted by Crippen LogP contribution is 2.35. The molecule has 2 aliphatic heterocycles. The number of nitrogens with one attached hydrogen (secondary N) is 1. The molecule has 0 unspecified atom stereocenters. The van der Waals surface area contributed by atoms with E-state index in [1.54, 1.807) is 18.2 Å². The number of amides is 3. The lowest BCUT2D eigenvalue weighted by Gasteiger charge is -2.40. The van der Waals surface area contributed by atoms with Gasteiger partial charge < -0.3 is 29.2 Å². The number of hydrogen-bond acceptors (Lipinski definition) is 6. The van der Waals surface area contributed by atoms with Crippen molar-refractivity contribution >= 4 is 40.4 Å². The summed E-state index contributed by atoms with van der Waals surface area (Å²) in [5.41, 5.74) is 4.54. The Hall–Kier alpha value is -3.79. The maximum absolute atomic E-state index is 14.2. The Morgan fingerprint density at radius 1 is 1.17 bits per heavy atom. The number of benzene rings is 1. The van der Waals surface area contributed by atoms with Crippen LogP contribution in [0.15, 0.2) is 24.4 Å². The third-order valence-electron chi connectivity index (χ3n) is 7.75. The van der Waals surface area contributed by atoms with Gasteiger partial charge in [-0.15, -0.1) is 0 Å². The number of halogens is 1. The van der Waals surface area contributed by atoms with Gasteiger partial charge in [0.1, 0.15) is 12.1 Å². The fourth-order valence-corrected chi connectivity index (χ4v) is 6.19. The molecular weight excluding hydrogens is 558 g/mol. The number of hydrogen-bond donors (Lipinski definition) is 1. The number of rotatable bonds is 6. The van der Waals surface area contributed by atoms with Crippen LogP contribution in [0.2, 0.25) is 5.02 Å². The first kappa shape index (κ1) is 29.7. The standard InChI is InChI=1S/C31H38ClN5O5/c1-7-24-26(29(39)35-11-9-22-19(14-35)8-10-33-28(22)41-6)23-13-20(32)12-18(2)27(23)37(24)17-25(38)34-21-15-36(16-21)30(40)42-31(3,4)5/h8,10,12-13,21H,7,9,11,14-17H2,1-6H3,(H,34,38). The Balaban J connectivity index is 1.39. The lowest BCUT2D eigenvalue weighted by molar-refractivity contribution is -0.123. The summed E-state index contributed by atoms with van der Waals surface area (Å²) in [7, 11) is 1.60. The number of nitrogens with zero attached hydrogens (tertiary/aromatic N) is 4. The van der Waals surface area contributed by atoms with Crippen molar-refractivity contribution in [3.63, 3.8) is 0 Å². The van der Waals surface area contributed by atoms with Gasteiger partial charge in [0.15, 0.2) is 0 Å². The van der Waals surface area contributed by atoms with Crippen molar-refractivity contribution in [1.29, 1.82) is 0 Å². The van der Waals surface area contributed by atoms with Gasteiger partial charge in [-0.2, -0.15) is 0 Å². The molecule has 4 heterocycles. The van der Waals surface area contributed by atoms with E-state index < -0.39 is 5.60 Å². The van der Waals surface area contributed by atoms with Gasteiger partial charge >= 0.3 is 6.09 Å². The third-order valence-corrected chi connectivity index (χ3v) is 7.97. The summed E-state index contributed by atoms with van der Waals surface area (Å²) in [5, 5.41) is 4.31. The summed E-state index contributed by atoms with van der Waals surface area (Å²) >= 11 is 6.50. The molecule has 0 bridgehead atoms. The first-order valence-electron chi connectivity index (χ1n) is 14.3. The zero-order chi connectivity index (χ0) is 30.3. The molecule has 224 valence electrons. The fourth-order valence-electron chi connectivity index (χ4n) is 5.92. The van der Waals surface area contributed by atoms with Crippen molar-refractivity contribution < 1.29 is 23.9 Å². The molecule has 2 aliphatic rings.